The van der Waals surface area contributed by atoms with Crippen LogP contribution in [0.5, 0.6) is 11.5 Å². The van der Waals surface area contributed by atoms with Crippen molar-refractivity contribution in [2.45, 2.75) is 16.7 Å². The zero-order chi connectivity index (χ0) is 30.1. The average molecular weight is 671 g/mol. The van der Waals surface area contributed by atoms with E-state index in [1.54, 1.807) is 0 Å². The number of sulfonamides is 2. The normalized spacial score (nSPS) is 16.9. The molecule has 0 bridgehead atoms. The third kappa shape index (κ3) is 7.09. The number of amides is 1. The van der Waals surface area contributed by atoms with Gasteiger partial charge in [0.1, 0.15) is 11.8 Å². The van der Waals surface area contributed by atoms with E-state index in [1.807, 2.05) is 0 Å². The molecule has 17 heteroatoms. The van der Waals surface area contributed by atoms with Crippen molar-refractivity contribution in [3.05, 3.63) is 86.9 Å². The van der Waals surface area contributed by atoms with Crippen LogP contribution in [0.25, 0.3) is 0 Å². The van der Waals surface area contributed by atoms with Crippen LogP contribution in [-0.2, 0) is 30.6 Å². The van der Waals surface area contributed by atoms with Crippen LogP contribution in [0.2, 0.25) is 15.1 Å². The van der Waals surface area contributed by atoms with Gasteiger partial charge in [-0.3, -0.25) is 10.0 Å². The Bertz CT molecular complexity index is 1650. The molecule has 0 saturated carbocycles. The van der Waals surface area contributed by atoms with Gasteiger partial charge in [0.15, 0.2) is 17.4 Å². The van der Waals surface area contributed by atoms with E-state index < -0.39 is 79.7 Å². The molecule has 0 radical (unpaired) electrons. The highest BCUT2D eigenvalue weighted by Gasteiger charge is 2.43. The Morgan fingerprint density at radius 1 is 0.927 bits per heavy atom. The molecule has 1 heterocycles. The van der Waals surface area contributed by atoms with Crippen LogP contribution >= 0.6 is 34.8 Å². The maximum absolute atomic E-state index is 14.9. The third-order valence-electron chi connectivity index (χ3n) is 5.98. The quantitative estimate of drug-likeness (QED) is 0.268. The van der Waals surface area contributed by atoms with E-state index in [4.69, 9.17) is 39.5 Å². The number of carbonyl (C=O) groups excluding carboxylic acids is 1. The Hall–Kier alpha value is -2.56. The second kappa shape index (κ2) is 12.4. The molecule has 1 aliphatic heterocycles. The minimum atomic E-state index is -4.79. The molecule has 1 saturated heterocycles. The van der Waals surface area contributed by atoms with E-state index in [9.17, 15) is 35.6 Å². The lowest BCUT2D eigenvalue weighted by atomic mass is 10.2. The monoisotopic (exact) mass is 669 g/mol. The van der Waals surface area contributed by atoms with E-state index >= 15 is 0 Å². The maximum Gasteiger partial charge on any atom is 0.263 e. The number of ether oxygens (including phenoxy) is 1. The van der Waals surface area contributed by atoms with E-state index in [2.05, 4.69) is 0 Å². The zero-order valence-electron chi connectivity index (χ0n) is 20.6. The van der Waals surface area contributed by atoms with Gasteiger partial charge in [-0.1, -0.05) is 34.8 Å². The van der Waals surface area contributed by atoms with Crippen molar-refractivity contribution < 1.29 is 40.4 Å². The van der Waals surface area contributed by atoms with Crippen molar-refractivity contribution in [1.29, 1.82) is 0 Å². The van der Waals surface area contributed by atoms with Gasteiger partial charge >= 0.3 is 0 Å². The van der Waals surface area contributed by atoms with Crippen LogP contribution < -0.4 is 10.2 Å². The number of piperazine rings is 1. The first kappa shape index (κ1) is 31.4. The fourth-order valence-electron chi connectivity index (χ4n) is 4.10. The first-order valence-electron chi connectivity index (χ1n) is 11.5. The van der Waals surface area contributed by atoms with Crippen molar-refractivity contribution in [3.63, 3.8) is 0 Å². The molecule has 1 amide bonds. The van der Waals surface area contributed by atoms with Crippen LogP contribution in [0, 0.1) is 11.6 Å². The van der Waals surface area contributed by atoms with Gasteiger partial charge in [-0.25, -0.2) is 31.1 Å². The van der Waals surface area contributed by atoms with E-state index in [-0.39, 0.29) is 21.4 Å². The highest BCUT2D eigenvalue weighted by molar-refractivity contribution is 7.89. The van der Waals surface area contributed by atoms with Gasteiger partial charge in [0.2, 0.25) is 20.0 Å². The number of hydroxylamine groups is 1. The summed E-state index contributed by atoms with van der Waals surface area (Å²) in [7, 11) is -8.94. The standard InChI is InChI=1S/C24H20Cl3F2N3O7S2/c25-15-1-3-18(4-2-15)39-23-20(28)10-19(11-21(23)29)41(37,38)32-6-5-31(12-22(32)24(33)30-34)40(35,36)13-14-7-16(26)9-17(27)8-14/h1-4,7-11,22,34H,5-6,12-13H2,(H,30,33)/t22-/m1/s1. The molecule has 0 aromatic heterocycles. The smallest absolute Gasteiger partial charge is 0.263 e. The summed E-state index contributed by atoms with van der Waals surface area (Å²) >= 11 is 17.7. The van der Waals surface area contributed by atoms with Gasteiger partial charge in [0.05, 0.1) is 10.6 Å². The fraction of sp³-hybridized carbons (Fsp3) is 0.208. The fourth-order valence-corrected chi connectivity index (χ4v) is 7.90. The molecule has 2 N–H and O–H groups in total. The molecular formula is C24H20Cl3F2N3O7S2. The number of nitrogens with one attached hydrogen (secondary N) is 1. The van der Waals surface area contributed by atoms with Gasteiger partial charge in [0, 0.05) is 34.7 Å². The molecule has 41 heavy (non-hydrogen) atoms. The van der Waals surface area contributed by atoms with Crippen LogP contribution in [0.15, 0.2) is 59.5 Å². The van der Waals surface area contributed by atoms with Crippen LogP contribution in [0.1, 0.15) is 5.56 Å². The maximum atomic E-state index is 14.9. The Morgan fingerprint density at radius 3 is 2.07 bits per heavy atom. The zero-order valence-corrected chi connectivity index (χ0v) is 24.5. The average Bonchev–Trinajstić information content (AvgIpc) is 2.90. The molecule has 220 valence electrons. The molecule has 3 aromatic rings. The lowest BCUT2D eigenvalue weighted by Gasteiger charge is -2.38. The summed E-state index contributed by atoms with van der Waals surface area (Å²) in [4.78, 5) is 11.6. The van der Waals surface area contributed by atoms with E-state index in [0.717, 1.165) is 4.31 Å². The third-order valence-corrected chi connectivity index (χ3v) is 10.4. The topological polar surface area (TPSA) is 133 Å². The summed E-state index contributed by atoms with van der Waals surface area (Å²) in [5.41, 5.74) is 1.55. The highest BCUT2D eigenvalue weighted by atomic mass is 35.5. The second-order valence-electron chi connectivity index (χ2n) is 8.77. The number of benzene rings is 3. The Kier molecular flexibility index (Phi) is 9.45. The minimum Gasteiger partial charge on any atom is -0.451 e. The summed E-state index contributed by atoms with van der Waals surface area (Å²) in [5, 5.41) is 9.98. The first-order valence-corrected chi connectivity index (χ1v) is 15.7. The van der Waals surface area contributed by atoms with E-state index in [1.165, 1.54) is 47.9 Å². The van der Waals surface area contributed by atoms with Crippen LogP contribution in [0.4, 0.5) is 8.78 Å². The summed E-state index contributed by atoms with van der Waals surface area (Å²) in [5.74, 6) is -5.40. The molecule has 4 rings (SSSR count). The molecule has 0 aliphatic carbocycles. The number of hydrogen-bond acceptors (Lipinski definition) is 7. The summed E-state index contributed by atoms with van der Waals surface area (Å²) in [6.45, 7) is -1.69. The number of carbonyl (C=O) groups is 1. The lowest BCUT2D eigenvalue weighted by molar-refractivity contribution is -0.134. The summed E-state index contributed by atoms with van der Waals surface area (Å²) in [6.07, 6.45) is 0. The van der Waals surface area contributed by atoms with E-state index in [0.29, 0.717) is 21.5 Å². The number of hydrogen-bond donors (Lipinski definition) is 2. The number of nitrogens with zero attached hydrogens (tertiary/aromatic N) is 2. The van der Waals surface area contributed by atoms with Crippen molar-refractivity contribution >= 4 is 60.8 Å². The molecule has 1 atom stereocenters. The molecule has 0 unspecified atom stereocenters. The van der Waals surface area contributed by atoms with Crippen molar-refractivity contribution in [1.82, 2.24) is 14.1 Å². The Labute approximate surface area is 249 Å². The largest absolute Gasteiger partial charge is 0.451 e. The molecule has 1 aliphatic rings. The molecular weight excluding hydrogens is 651 g/mol. The van der Waals surface area contributed by atoms with Gasteiger partial charge in [-0.05, 0) is 60.2 Å². The SMILES string of the molecule is O=C(NO)[C@H]1CN(S(=O)(=O)Cc2cc(Cl)cc(Cl)c2)CCN1S(=O)(=O)c1cc(F)c(Oc2ccc(Cl)cc2)c(F)c1. The molecule has 3 aromatic carbocycles. The van der Waals surface area contributed by atoms with Crippen molar-refractivity contribution in [2.75, 3.05) is 19.6 Å². The summed E-state index contributed by atoms with van der Waals surface area (Å²) < 4.78 is 89.4. The van der Waals surface area contributed by atoms with Gasteiger partial charge in [0.25, 0.3) is 5.91 Å². The Balaban J connectivity index is 1.60. The lowest BCUT2D eigenvalue weighted by Crippen LogP contribution is -2.61. The Morgan fingerprint density at radius 2 is 1.51 bits per heavy atom. The summed E-state index contributed by atoms with van der Waals surface area (Å²) in [6, 6.07) is 8.92. The number of rotatable bonds is 8. The molecule has 10 nitrogen and oxygen atoms in total. The van der Waals surface area contributed by atoms with Gasteiger partial charge in [-0.15, -0.1) is 0 Å². The van der Waals surface area contributed by atoms with Crippen molar-refractivity contribution in [3.8, 4) is 11.5 Å². The predicted octanol–water partition coefficient (Wildman–Crippen LogP) is 4.43. The minimum absolute atomic E-state index is 0.0277. The number of halogens is 5. The second-order valence-corrected chi connectivity index (χ2v) is 13.9. The molecule has 0 spiro atoms. The van der Waals surface area contributed by atoms with Crippen LogP contribution in [-0.4, -0.2) is 62.2 Å². The van der Waals surface area contributed by atoms with Gasteiger partial charge in [-0.2, -0.15) is 8.61 Å². The first-order chi connectivity index (χ1) is 19.2. The van der Waals surface area contributed by atoms with Gasteiger partial charge < -0.3 is 4.74 Å². The van der Waals surface area contributed by atoms with Crippen molar-refractivity contribution in [2.24, 2.45) is 0 Å². The molecule has 1 fully saturated rings. The highest BCUT2D eigenvalue weighted by Crippen LogP contribution is 2.33. The van der Waals surface area contributed by atoms with Crippen LogP contribution in [0.3, 0.4) is 0 Å². The predicted molar refractivity (Wildman–Crippen MR) is 146 cm³/mol.